The third-order valence-electron chi connectivity index (χ3n) is 3.96. The van der Waals surface area contributed by atoms with E-state index in [0.717, 1.165) is 37.5 Å². The van der Waals surface area contributed by atoms with Crippen LogP contribution in [0.2, 0.25) is 0 Å². The highest BCUT2D eigenvalue weighted by Gasteiger charge is 2.18. The number of hydrogen-bond donors (Lipinski definition) is 1. The smallest absolute Gasteiger partial charge is 0.265 e. The molecule has 1 amide bonds. The Morgan fingerprint density at radius 2 is 1.96 bits per heavy atom. The van der Waals surface area contributed by atoms with Crippen molar-refractivity contribution in [3.8, 4) is 0 Å². The molecule has 1 aliphatic heterocycles. The zero-order valence-corrected chi connectivity index (χ0v) is 15.5. The van der Waals surface area contributed by atoms with Crippen LogP contribution in [0.5, 0.6) is 0 Å². The van der Waals surface area contributed by atoms with Gasteiger partial charge in [0.15, 0.2) is 5.82 Å². The van der Waals surface area contributed by atoms with Gasteiger partial charge in [-0.2, -0.15) is 15.0 Å². The molecule has 1 N–H and O–H groups in total. The molecule has 3 rings (SSSR count). The third kappa shape index (κ3) is 4.19. The number of aryl methyl sites for hydroxylation is 1. The fourth-order valence-electron chi connectivity index (χ4n) is 2.59. The molecule has 0 aromatic carbocycles. The van der Waals surface area contributed by atoms with Crippen molar-refractivity contribution in [1.29, 1.82) is 0 Å². The van der Waals surface area contributed by atoms with Gasteiger partial charge in [0.1, 0.15) is 4.88 Å². The zero-order valence-electron chi connectivity index (χ0n) is 14.7. The second kappa shape index (κ2) is 7.68. The molecular weight excluding hydrogens is 340 g/mol. The number of nitrogens with zero attached hydrogens (tertiary/aromatic N) is 7. The van der Waals surface area contributed by atoms with Crippen LogP contribution in [0.3, 0.4) is 0 Å². The molecule has 0 atom stereocenters. The van der Waals surface area contributed by atoms with Gasteiger partial charge in [0.2, 0.25) is 11.9 Å². The molecule has 0 radical (unpaired) electrons. The Morgan fingerprint density at radius 1 is 1.20 bits per heavy atom. The summed E-state index contributed by atoms with van der Waals surface area (Å²) in [5.74, 6) is 1.61. The number of piperidine rings is 1. The molecule has 1 aliphatic rings. The highest BCUT2D eigenvalue weighted by atomic mass is 32.1. The molecule has 1 fully saturated rings. The summed E-state index contributed by atoms with van der Waals surface area (Å²) in [4.78, 5) is 30.3. The summed E-state index contributed by atoms with van der Waals surface area (Å²) >= 11 is 1.08. The molecule has 0 unspecified atom stereocenters. The largest absolute Gasteiger partial charge is 0.347 e. The van der Waals surface area contributed by atoms with Crippen LogP contribution in [0.15, 0.2) is 0 Å². The zero-order chi connectivity index (χ0) is 17.8. The summed E-state index contributed by atoms with van der Waals surface area (Å²) in [6.45, 7) is 3.91. The average Bonchev–Trinajstić information content (AvgIpc) is 3.06. The number of carbonyl (C=O) groups is 1. The first-order valence-corrected chi connectivity index (χ1v) is 9.06. The van der Waals surface area contributed by atoms with E-state index in [1.165, 1.54) is 6.42 Å². The van der Waals surface area contributed by atoms with E-state index >= 15 is 0 Å². The van der Waals surface area contributed by atoms with Crippen LogP contribution in [-0.4, -0.2) is 57.6 Å². The first-order valence-electron chi connectivity index (χ1n) is 8.29. The van der Waals surface area contributed by atoms with E-state index < -0.39 is 0 Å². The number of rotatable bonds is 5. The van der Waals surface area contributed by atoms with E-state index in [4.69, 9.17) is 0 Å². The third-order valence-corrected chi connectivity index (χ3v) is 4.79. The average molecular weight is 362 g/mol. The number of nitrogens with one attached hydrogen (secondary N) is 1. The Kier molecular flexibility index (Phi) is 5.37. The van der Waals surface area contributed by atoms with Crippen molar-refractivity contribution in [2.45, 2.75) is 32.7 Å². The van der Waals surface area contributed by atoms with Crippen molar-refractivity contribution in [3.63, 3.8) is 0 Å². The van der Waals surface area contributed by atoms with Gasteiger partial charge in [-0.1, -0.05) is 4.49 Å². The van der Waals surface area contributed by atoms with Crippen LogP contribution < -0.4 is 15.1 Å². The summed E-state index contributed by atoms with van der Waals surface area (Å²) in [5.41, 5.74) is 0.626. The minimum Gasteiger partial charge on any atom is -0.347 e. The minimum atomic E-state index is -0.209. The lowest BCUT2D eigenvalue weighted by Gasteiger charge is -2.27. The predicted molar refractivity (Wildman–Crippen MR) is 96.0 cm³/mol. The fourth-order valence-corrected chi connectivity index (χ4v) is 3.16. The highest BCUT2D eigenvalue weighted by molar-refractivity contribution is 7.07. The Bertz CT molecular complexity index is 741. The minimum absolute atomic E-state index is 0.209. The molecule has 0 saturated carbocycles. The molecule has 0 aliphatic carbocycles. The molecule has 2 aromatic rings. The van der Waals surface area contributed by atoms with Gasteiger partial charge in [0.05, 0.1) is 12.2 Å². The monoisotopic (exact) mass is 362 g/mol. The van der Waals surface area contributed by atoms with Crippen LogP contribution in [0.25, 0.3) is 0 Å². The Balaban J connectivity index is 1.76. The van der Waals surface area contributed by atoms with E-state index in [0.29, 0.717) is 28.3 Å². The van der Waals surface area contributed by atoms with Crippen molar-refractivity contribution >= 4 is 29.3 Å². The molecule has 0 spiro atoms. The normalized spacial score (nSPS) is 14.4. The number of anilines is 2. The summed E-state index contributed by atoms with van der Waals surface area (Å²) in [6.07, 6.45) is 3.53. The molecule has 134 valence electrons. The lowest BCUT2D eigenvalue weighted by Crippen LogP contribution is -2.32. The highest BCUT2D eigenvalue weighted by Crippen LogP contribution is 2.18. The molecule has 0 bridgehead atoms. The van der Waals surface area contributed by atoms with E-state index in [-0.39, 0.29) is 12.5 Å². The molecule has 1 saturated heterocycles. The van der Waals surface area contributed by atoms with Crippen molar-refractivity contribution in [3.05, 3.63) is 16.4 Å². The van der Waals surface area contributed by atoms with E-state index in [1.54, 1.807) is 6.92 Å². The van der Waals surface area contributed by atoms with Crippen LogP contribution >= 0.6 is 11.5 Å². The molecule has 9 nitrogen and oxygen atoms in total. The van der Waals surface area contributed by atoms with Crippen molar-refractivity contribution in [1.82, 2.24) is 29.9 Å². The van der Waals surface area contributed by atoms with Crippen LogP contribution in [-0.2, 0) is 6.54 Å². The van der Waals surface area contributed by atoms with Gasteiger partial charge in [-0.05, 0) is 37.7 Å². The molecular formula is C15H22N8OS. The summed E-state index contributed by atoms with van der Waals surface area (Å²) < 4.78 is 3.79. The second-order valence-electron chi connectivity index (χ2n) is 6.16. The van der Waals surface area contributed by atoms with Gasteiger partial charge in [0, 0.05) is 27.2 Å². The summed E-state index contributed by atoms with van der Waals surface area (Å²) in [5, 5.41) is 6.70. The summed E-state index contributed by atoms with van der Waals surface area (Å²) in [7, 11) is 3.79. The van der Waals surface area contributed by atoms with Crippen molar-refractivity contribution in [2.24, 2.45) is 0 Å². The number of carbonyl (C=O) groups excluding carboxylic acids is 1. The maximum atomic E-state index is 12.2. The quantitative estimate of drug-likeness (QED) is 0.841. The van der Waals surface area contributed by atoms with Gasteiger partial charge in [0.25, 0.3) is 5.91 Å². The van der Waals surface area contributed by atoms with Crippen molar-refractivity contribution < 1.29 is 4.79 Å². The second-order valence-corrected chi connectivity index (χ2v) is 6.92. The van der Waals surface area contributed by atoms with Gasteiger partial charge in [-0.3, -0.25) is 4.79 Å². The lowest BCUT2D eigenvalue weighted by molar-refractivity contribution is 0.0953. The first-order chi connectivity index (χ1) is 12.0. The van der Waals surface area contributed by atoms with Gasteiger partial charge >= 0.3 is 0 Å². The van der Waals surface area contributed by atoms with Gasteiger partial charge < -0.3 is 15.1 Å². The predicted octanol–water partition coefficient (Wildman–Crippen LogP) is 1.02. The van der Waals surface area contributed by atoms with Crippen LogP contribution in [0.1, 0.15) is 40.5 Å². The van der Waals surface area contributed by atoms with E-state index in [9.17, 15) is 4.79 Å². The topological polar surface area (TPSA) is 100 Å². The summed E-state index contributed by atoms with van der Waals surface area (Å²) in [6, 6.07) is 0. The molecule has 10 heteroatoms. The number of hydrogen-bond acceptors (Lipinski definition) is 9. The van der Waals surface area contributed by atoms with Crippen molar-refractivity contribution in [2.75, 3.05) is 37.0 Å². The molecule has 2 aromatic heterocycles. The Labute approximate surface area is 150 Å². The van der Waals surface area contributed by atoms with Gasteiger partial charge in [-0.15, -0.1) is 5.10 Å². The number of aromatic nitrogens is 5. The molecule has 3 heterocycles. The van der Waals surface area contributed by atoms with Crippen LogP contribution in [0.4, 0.5) is 11.9 Å². The van der Waals surface area contributed by atoms with E-state index in [2.05, 4.69) is 34.8 Å². The Morgan fingerprint density at radius 3 is 2.60 bits per heavy atom. The Hall–Kier alpha value is -2.36. The number of amides is 1. The maximum Gasteiger partial charge on any atom is 0.265 e. The van der Waals surface area contributed by atoms with E-state index in [1.807, 2.05) is 19.0 Å². The fraction of sp³-hybridized carbons (Fsp3) is 0.600. The van der Waals surface area contributed by atoms with Gasteiger partial charge in [-0.25, -0.2) is 0 Å². The SMILES string of the molecule is Cc1nnsc1C(=O)NCc1nc(N(C)C)nc(N2CCCCC2)n1. The molecule has 25 heavy (non-hydrogen) atoms. The standard InChI is InChI=1S/C15H22N8OS/c1-10-12(25-21-20-10)13(24)16-9-11-17-14(22(2)3)19-15(18-11)23-7-5-4-6-8-23/h4-9H2,1-3H3,(H,16,24). The first kappa shape index (κ1) is 17.5. The maximum absolute atomic E-state index is 12.2. The van der Waals surface area contributed by atoms with Crippen LogP contribution in [0, 0.1) is 6.92 Å². The lowest BCUT2D eigenvalue weighted by atomic mass is 10.1.